The van der Waals surface area contributed by atoms with Crippen LogP contribution in [0.3, 0.4) is 0 Å². The lowest BCUT2D eigenvalue weighted by molar-refractivity contribution is 0.357. The van der Waals surface area contributed by atoms with Crippen LogP contribution in [0.1, 0.15) is 53.4 Å². The Morgan fingerprint density at radius 2 is 1.71 bits per heavy atom. The predicted octanol–water partition coefficient (Wildman–Crippen LogP) is 5.13. The van der Waals surface area contributed by atoms with E-state index in [1.807, 2.05) is 0 Å². The third-order valence-corrected chi connectivity index (χ3v) is 4.04. The largest absolute Gasteiger partial charge is 0.306 e. The van der Waals surface area contributed by atoms with Crippen molar-refractivity contribution >= 4 is 15.9 Å². The van der Waals surface area contributed by atoms with Crippen molar-refractivity contribution in [2.24, 2.45) is 0 Å². The summed E-state index contributed by atoms with van der Waals surface area (Å²) >= 11 is 3.74. The van der Waals surface area contributed by atoms with E-state index in [1.54, 1.807) is 5.57 Å². The molecule has 0 aromatic carbocycles. The molecule has 1 nitrogen and oxygen atoms in total. The Morgan fingerprint density at radius 1 is 1.12 bits per heavy atom. The first-order valence-electron chi connectivity index (χ1n) is 6.85. The minimum Gasteiger partial charge on any atom is -0.306 e. The highest BCUT2D eigenvalue weighted by molar-refractivity contribution is 9.12. The SMILES string of the molecule is CC/C=C(/Br)C(CCN(C)CC)=C(CC)CC. The topological polar surface area (TPSA) is 3.24 Å². The van der Waals surface area contributed by atoms with Gasteiger partial charge in [0, 0.05) is 11.0 Å². The van der Waals surface area contributed by atoms with Crippen LogP contribution in [0.25, 0.3) is 0 Å². The molecule has 0 N–H and O–H groups in total. The molecular weight excluding hydrogens is 274 g/mol. The summed E-state index contributed by atoms with van der Waals surface area (Å²) in [5.41, 5.74) is 3.11. The zero-order chi connectivity index (χ0) is 13.3. The Balaban J connectivity index is 4.86. The average Bonchev–Trinajstić information content (AvgIpc) is 2.34. The maximum Gasteiger partial charge on any atom is 0.0167 e. The molecule has 0 aliphatic rings. The van der Waals surface area contributed by atoms with Crippen molar-refractivity contribution < 1.29 is 0 Å². The van der Waals surface area contributed by atoms with Gasteiger partial charge < -0.3 is 4.90 Å². The molecule has 0 atom stereocenters. The maximum atomic E-state index is 3.74. The quantitative estimate of drug-likeness (QED) is 0.562. The van der Waals surface area contributed by atoms with Crippen LogP contribution in [0.15, 0.2) is 21.7 Å². The highest BCUT2D eigenvalue weighted by Crippen LogP contribution is 2.28. The molecule has 0 aliphatic carbocycles. The van der Waals surface area contributed by atoms with E-state index in [1.165, 1.54) is 10.1 Å². The van der Waals surface area contributed by atoms with Crippen LogP contribution >= 0.6 is 15.9 Å². The van der Waals surface area contributed by atoms with E-state index >= 15 is 0 Å². The van der Waals surface area contributed by atoms with Crippen molar-refractivity contribution in [2.45, 2.75) is 53.4 Å². The number of allylic oxidation sites excluding steroid dienone is 3. The smallest absolute Gasteiger partial charge is 0.0167 e. The molecule has 2 heteroatoms. The summed E-state index contributed by atoms with van der Waals surface area (Å²) in [6, 6.07) is 0. The van der Waals surface area contributed by atoms with Gasteiger partial charge in [0.25, 0.3) is 0 Å². The molecule has 0 fully saturated rings. The highest BCUT2D eigenvalue weighted by atomic mass is 79.9. The van der Waals surface area contributed by atoms with Gasteiger partial charge in [-0.3, -0.25) is 0 Å². The molecule has 17 heavy (non-hydrogen) atoms. The van der Waals surface area contributed by atoms with Crippen molar-refractivity contribution in [3.05, 3.63) is 21.7 Å². The van der Waals surface area contributed by atoms with Crippen molar-refractivity contribution in [2.75, 3.05) is 20.1 Å². The van der Waals surface area contributed by atoms with E-state index in [4.69, 9.17) is 0 Å². The minimum atomic E-state index is 1.09. The molecular formula is C15H28BrN. The van der Waals surface area contributed by atoms with Crippen LogP contribution in [0.2, 0.25) is 0 Å². The van der Waals surface area contributed by atoms with Crippen molar-refractivity contribution in [1.82, 2.24) is 4.90 Å². The van der Waals surface area contributed by atoms with E-state index in [0.29, 0.717) is 0 Å². The first-order chi connectivity index (χ1) is 8.10. The number of hydrogen-bond acceptors (Lipinski definition) is 1. The normalized spacial score (nSPS) is 12.1. The Labute approximate surface area is 116 Å². The molecule has 100 valence electrons. The lowest BCUT2D eigenvalue weighted by Gasteiger charge is -2.18. The Bertz CT molecular complexity index is 260. The summed E-state index contributed by atoms with van der Waals surface area (Å²) in [5, 5.41) is 0. The Kier molecular flexibility index (Phi) is 9.85. The van der Waals surface area contributed by atoms with Gasteiger partial charge in [-0.1, -0.05) is 55.3 Å². The summed E-state index contributed by atoms with van der Waals surface area (Å²) in [6.45, 7) is 11.2. The number of nitrogens with zero attached hydrogens (tertiary/aromatic N) is 1. The van der Waals surface area contributed by atoms with Gasteiger partial charge in [0.1, 0.15) is 0 Å². The summed E-state index contributed by atoms with van der Waals surface area (Å²) in [6.07, 6.45) is 6.85. The number of rotatable bonds is 8. The fourth-order valence-corrected chi connectivity index (χ4v) is 2.71. The summed E-state index contributed by atoms with van der Waals surface area (Å²) in [4.78, 5) is 2.37. The lowest BCUT2D eigenvalue weighted by Crippen LogP contribution is -2.19. The molecule has 0 rings (SSSR count). The van der Waals surface area contributed by atoms with Crippen LogP contribution in [-0.2, 0) is 0 Å². The fraction of sp³-hybridized carbons (Fsp3) is 0.733. The average molecular weight is 302 g/mol. The first-order valence-corrected chi connectivity index (χ1v) is 7.65. The molecule has 0 unspecified atom stereocenters. The zero-order valence-corrected chi connectivity index (χ0v) is 13.7. The molecule has 0 spiro atoms. The van der Waals surface area contributed by atoms with E-state index in [0.717, 1.165) is 38.8 Å². The molecule has 0 aromatic heterocycles. The van der Waals surface area contributed by atoms with E-state index in [-0.39, 0.29) is 0 Å². The third kappa shape index (κ3) is 6.42. The molecule has 0 radical (unpaired) electrons. The van der Waals surface area contributed by atoms with Crippen molar-refractivity contribution in [3.63, 3.8) is 0 Å². The van der Waals surface area contributed by atoms with Gasteiger partial charge in [-0.2, -0.15) is 0 Å². The second-order valence-electron chi connectivity index (χ2n) is 4.40. The van der Waals surface area contributed by atoms with Crippen LogP contribution < -0.4 is 0 Å². The van der Waals surface area contributed by atoms with E-state index in [9.17, 15) is 0 Å². The molecule has 0 bridgehead atoms. The fourth-order valence-electron chi connectivity index (χ4n) is 1.91. The standard InChI is InChI=1S/C15H28BrN/c1-6-10-15(16)14(13(7-2)8-3)11-12-17(5)9-4/h10H,6-9,11-12H2,1-5H3/b15-10+. The molecule has 0 aromatic rings. The number of halogens is 1. The molecule has 0 aliphatic heterocycles. The van der Waals surface area contributed by atoms with Gasteiger partial charge in [0.2, 0.25) is 0 Å². The van der Waals surface area contributed by atoms with Gasteiger partial charge >= 0.3 is 0 Å². The highest BCUT2D eigenvalue weighted by Gasteiger charge is 2.08. The van der Waals surface area contributed by atoms with Crippen molar-refractivity contribution in [3.8, 4) is 0 Å². The van der Waals surface area contributed by atoms with Crippen LogP contribution in [0.4, 0.5) is 0 Å². The molecule has 0 saturated carbocycles. The van der Waals surface area contributed by atoms with Crippen LogP contribution in [0.5, 0.6) is 0 Å². The molecule has 0 amide bonds. The van der Waals surface area contributed by atoms with Gasteiger partial charge in [-0.15, -0.1) is 0 Å². The first kappa shape index (κ1) is 16.9. The molecule has 0 saturated heterocycles. The van der Waals surface area contributed by atoms with Crippen molar-refractivity contribution in [1.29, 1.82) is 0 Å². The summed E-state index contributed by atoms with van der Waals surface area (Å²) < 4.78 is 1.31. The maximum absolute atomic E-state index is 3.74. The zero-order valence-electron chi connectivity index (χ0n) is 12.1. The second-order valence-corrected chi connectivity index (χ2v) is 5.25. The third-order valence-electron chi connectivity index (χ3n) is 3.24. The van der Waals surface area contributed by atoms with Gasteiger partial charge in [-0.05, 0) is 44.8 Å². The molecule has 0 heterocycles. The predicted molar refractivity (Wildman–Crippen MR) is 82.7 cm³/mol. The monoisotopic (exact) mass is 301 g/mol. The minimum absolute atomic E-state index is 1.09. The Hall–Kier alpha value is -0.0800. The van der Waals surface area contributed by atoms with Gasteiger partial charge in [-0.25, -0.2) is 0 Å². The lowest BCUT2D eigenvalue weighted by atomic mass is 9.99. The van der Waals surface area contributed by atoms with E-state index < -0.39 is 0 Å². The van der Waals surface area contributed by atoms with Gasteiger partial charge in [0.15, 0.2) is 0 Å². The van der Waals surface area contributed by atoms with Gasteiger partial charge in [0.05, 0.1) is 0 Å². The van der Waals surface area contributed by atoms with E-state index in [2.05, 4.69) is 61.6 Å². The number of hydrogen-bond donors (Lipinski definition) is 0. The van der Waals surface area contributed by atoms with Crippen LogP contribution in [0, 0.1) is 0 Å². The van der Waals surface area contributed by atoms with Crippen LogP contribution in [-0.4, -0.2) is 25.0 Å². The second kappa shape index (κ2) is 9.90. The summed E-state index contributed by atoms with van der Waals surface area (Å²) in [7, 11) is 2.19. The summed E-state index contributed by atoms with van der Waals surface area (Å²) in [5.74, 6) is 0. The Morgan fingerprint density at radius 3 is 2.12 bits per heavy atom.